The van der Waals surface area contributed by atoms with E-state index in [4.69, 9.17) is 9.47 Å². The van der Waals surface area contributed by atoms with Crippen molar-refractivity contribution in [3.05, 3.63) is 0 Å². The molecule has 0 radical (unpaired) electrons. The minimum atomic E-state index is -0.0644. The molecule has 0 aliphatic carbocycles. The Labute approximate surface area is 96.9 Å². The average Bonchev–Trinajstić information content (AvgIpc) is 2.35. The van der Waals surface area contributed by atoms with Crippen molar-refractivity contribution in [1.82, 2.24) is 10.6 Å². The lowest BCUT2D eigenvalue weighted by molar-refractivity contribution is -0.126. The third-order valence-corrected chi connectivity index (χ3v) is 2.86. The van der Waals surface area contributed by atoms with Crippen LogP contribution < -0.4 is 10.6 Å². The Hall–Kier alpha value is -0.650. The Morgan fingerprint density at radius 1 is 1.56 bits per heavy atom. The molecular formula is C11H22N2O3. The van der Waals surface area contributed by atoms with Crippen LogP contribution in [-0.2, 0) is 14.3 Å². The summed E-state index contributed by atoms with van der Waals surface area (Å²) in [6.45, 7) is 2.82. The first-order valence-electron chi connectivity index (χ1n) is 5.78. The van der Waals surface area contributed by atoms with Crippen molar-refractivity contribution < 1.29 is 14.3 Å². The fourth-order valence-electron chi connectivity index (χ4n) is 1.83. The molecule has 0 aromatic heterocycles. The van der Waals surface area contributed by atoms with Crippen molar-refractivity contribution in [2.75, 3.05) is 40.5 Å². The summed E-state index contributed by atoms with van der Waals surface area (Å²) >= 11 is 0. The van der Waals surface area contributed by atoms with Crippen LogP contribution in [0.1, 0.15) is 12.8 Å². The highest BCUT2D eigenvalue weighted by Crippen LogP contribution is 2.09. The molecular weight excluding hydrogens is 208 g/mol. The number of rotatable bonds is 6. The minimum absolute atomic E-state index is 0.0644. The predicted octanol–water partition coefficient (Wildman–Crippen LogP) is -0.236. The van der Waals surface area contributed by atoms with Crippen LogP contribution in [0.5, 0.6) is 0 Å². The number of ether oxygens (including phenoxy) is 2. The molecule has 5 nitrogen and oxygen atoms in total. The summed E-state index contributed by atoms with van der Waals surface area (Å²) in [6.07, 6.45) is 1.98. The lowest BCUT2D eigenvalue weighted by atomic mass is 9.99. The maximum Gasteiger partial charge on any atom is 0.224 e. The Morgan fingerprint density at radius 3 is 2.94 bits per heavy atom. The second-order valence-corrected chi connectivity index (χ2v) is 4.10. The smallest absolute Gasteiger partial charge is 0.224 e. The van der Waals surface area contributed by atoms with E-state index in [2.05, 4.69) is 10.6 Å². The molecule has 1 saturated heterocycles. The van der Waals surface area contributed by atoms with E-state index in [0.717, 1.165) is 25.9 Å². The van der Waals surface area contributed by atoms with Gasteiger partial charge in [-0.3, -0.25) is 4.79 Å². The fourth-order valence-corrected chi connectivity index (χ4v) is 1.83. The van der Waals surface area contributed by atoms with Crippen LogP contribution in [0.2, 0.25) is 0 Å². The highest BCUT2D eigenvalue weighted by atomic mass is 16.5. The summed E-state index contributed by atoms with van der Waals surface area (Å²) < 4.78 is 10.2. The number of nitrogens with one attached hydrogen (secondary N) is 2. The first kappa shape index (κ1) is 13.4. The largest absolute Gasteiger partial charge is 0.382 e. The summed E-state index contributed by atoms with van der Waals surface area (Å²) in [5.74, 6) is 0.221. The van der Waals surface area contributed by atoms with E-state index < -0.39 is 0 Å². The zero-order chi connectivity index (χ0) is 11.8. The van der Waals surface area contributed by atoms with Crippen molar-refractivity contribution >= 4 is 5.91 Å². The molecule has 1 unspecified atom stereocenters. The Bertz CT molecular complexity index is 205. The van der Waals surface area contributed by atoms with Crippen molar-refractivity contribution in [1.29, 1.82) is 0 Å². The normalized spacial score (nSPS) is 22.8. The van der Waals surface area contributed by atoms with Gasteiger partial charge in [0, 0.05) is 27.3 Å². The third kappa shape index (κ3) is 4.47. The number of amides is 1. The molecule has 0 aromatic rings. The Kier molecular flexibility index (Phi) is 6.37. The molecule has 1 fully saturated rings. The van der Waals surface area contributed by atoms with Gasteiger partial charge in [-0.1, -0.05) is 0 Å². The maximum absolute atomic E-state index is 11.8. The summed E-state index contributed by atoms with van der Waals surface area (Å²) in [4.78, 5) is 11.8. The van der Waals surface area contributed by atoms with Gasteiger partial charge >= 0.3 is 0 Å². The molecule has 5 heteroatoms. The van der Waals surface area contributed by atoms with Gasteiger partial charge in [0.2, 0.25) is 5.91 Å². The van der Waals surface area contributed by atoms with E-state index in [-0.39, 0.29) is 17.9 Å². The second-order valence-electron chi connectivity index (χ2n) is 4.10. The van der Waals surface area contributed by atoms with Gasteiger partial charge in [0.15, 0.2) is 0 Å². The van der Waals surface area contributed by atoms with Crippen molar-refractivity contribution in [2.45, 2.75) is 18.9 Å². The zero-order valence-electron chi connectivity index (χ0n) is 10.1. The number of hydrogen-bond donors (Lipinski definition) is 2. The van der Waals surface area contributed by atoms with Gasteiger partial charge in [-0.25, -0.2) is 0 Å². The van der Waals surface area contributed by atoms with Crippen LogP contribution in [0.15, 0.2) is 0 Å². The van der Waals surface area contributed by atoms with Gasteiger partial charge < -0.3 is 20.1 Å². The minimum Gasteiger partial charge on any atom is -0.382 e. The third-order valence-electron chi connectivity index (χ3n) is 2.86. The van der Waals surface area contributed by atoms with E-state index in [1.165, 1.54) is 0 Å². The molecule has 16 heavy (non-hydrogen) atoms. The molecule has 94 valence electrons. The number of hydrogen-bond acceptors (Lipinski definition) is 4. The lowest BCUT2D eigenvalue weighted by Gasteiger charge is -2.23. The van der Waals surface area contributed by atoms with Crippen molar-refractivity contribution in [2.24, 2.45) is 5.92 Å². The second kappa shape index (κ2) is 7.60. The van der Waals surface area contributed by atoms with E-state index in [0.29, 0.717) is 13.2 Å². The molecule has 2 N–H and O–H groups in total. The van der Waals surface area contributed by atoms with Crippen LogP contribution >= 0.6 is 0 Å². The standard InChI is InChI=1S/C11H22N2O3/c1-15-8-10(16-2)7-13-11(14)9-4-3-5-12-6-9/h9-10,12H,3-8H2,1-2H3,(H,13,14)/t9-,10?/m0/s1. The van der Waals surface area contributed by atoms with Gasteiger partial charge in [0.25, 0.3) is 0 Å². The van der Waals surface area contributed by atoms with Gasteiger partial charge in [-0.15, -0.1) is 0 Å². The predicted molar refractivity (Wildman–Crippen MR) is 61.3 cm³/mol. The van der Waals surface area contributed by atoms with Crippen LogP contribution in [-0.4, -0.2) is 52.5 Å². The molecule has 0 aromatic carbocycles. The molecule has 1 amide bonds. The highest BCUT2D eigenvalue weighted by Gasteiger charge is 2.21. The van der Waals surface area contributed by atoms with Gasteiger partial charge in [0.05, 0.1) is 18.6 Å². The molecule has 0 saturated carbocycles. The highest BCUT2D eigenvalue weighted by molar-refractivity contribution is 5.78. The maximum atomic E-state index is 11.8. The van der Waals surface area contributed by atoms with Crippen molar-refractivity contribution in [3.63, 3.8) is 0 Å². The Balaban J connectivity index is 2.22. The fraction of sp³-hybridized carbons (Fsp3) is 0.909. The zero-order valence-corrected chi connectivity index (χ0v) is 10.1. The van der Waals surface area contributed by atoms with Crippen LogP contribution in [0.25, 0.3) is 0 Å². The van der Waals surface area contributed by atoms with Crippen LogP contribution in [0.3, 0.4) is 0 Å². The molecule has 1 rings (SSSR count). The van der Waals surface area contributed by atoms with E-state index in [1.807, 2.05) is 0 Å². The molecule has 0 spiro atoms. The van der Waals surface area contributed by atoms with E-state index >= 15 is 0 Å². The summed E-state index contributed by atoms with van der Waals surface area (Å²) in [7, 11) is 3.25. The van der Waals surface area contributed by atoms with Gasteiger partial charge in [-0.2, -0.15) is 0 Å². The molecule has 1 aliphatic rings. The Morgan fingerprint density at radius 2 is 2.38 bits per heavy atom. The molecule has 1 aliphatic heterocycles. The molecule has 0 bridgehead atoms. The number of piperidine rings is 1. The van der Waals surface area contributed by atoms with Crippen molar-refractivity contribution in [3.8, 4) is 0 Å². The summed E-state index contributed by atoms with van der Waals surface area (Å²) in [5, 5.41) is 6.13. The van der Waals surface area contributed by atoms with Gasteiger partial charge in [-0.05, 0) is 19.4 Å². The van der Waals surface area contributed by atoms with Crippen LogP contribution in [0.4, 0.5) is 0 Å². The van der Waals surface area contributed by atoms with Gasteiger partial charge in [0.1, 0.15) is 0 Å². The average molecular weight is 230 g/mol. The lowest BCUT2D eigenvalue weighted by Crippen LogP contribution is -2.43. The van der Waals surface area contributed by atoms with E-state index in [1.54, 1.807) is 14.2 Å². The van der Waals surface area contributed by atoms with E-state index in [9.17, 15) is 4.79 Å². The molecule has 1 heterocycles. The topological polar surface area (TPSA) is 59.6 Å². The number of carbonyl (C=O) groups excluding carboxylic acids is 1. The quantitative estimate of drug-likeness (QED) is 0.661. The molecule has 2 atom stereocenters. The summed E-state index contributed by atoms with van der Waals surface area (Å²) in [6, 6.07) is 0. The number of methoxy groups -OCH3 is 2. The first-order chi connectivity index (χ1) is 7.77. The summed E-state index contributed by atoms with van der Waals surface area (Å²) in [5.41, 5.74) is 0. The first-order valence-corrected chi connectivity index (χ1v) is 5.78. The monoisotopic (exact) mass is 230 g/mol. The van der Waals surface area contributed by atoms with Crippen LogP contribution in [0, 0.1) is 5.92 Å². The number of carbonyl (C=O) groups is 1. The SMILES string of the molecule is COCC(CNC(=O)[C@H]1CCCNC1)OC.